The maximum atomic E-state index is 12.6. The Hall–Kier alpha value is -2.09. The summed E-state index contributed by atoms with van der Waals surface area (Å²) in [6, 6.07) is -0.661. The van der Waals surface area contributed by atoms with Gasteiger partial charge in [-0.25, -0.2) is 0 Å². The van der Waals surface area contributed by atoms with Crippen LogP contribution in [0.4, 0.5) is 5.69 Å². The number of nitrogens with zero attached hydrogens (tertiary/aromatic N) is 3. The van der Waals surface area contributed by atoms with Crippen LogP contribution in [0.25, 0.3) is 0 Å². The summed E-state index contributed by atoms with van der Waals surface area (Å²) in [5, 5.41) is 6.87. The highest BCUT2D eigenvalue weighted by molar-refractivity contribution is 5.99. The minimum atomic E-state index is -0.657. The van der Waals surface area contributed by atoms with Crippen molar-refractivity contribution in [2.24, 2.45) is 7.05 Å². The predicted molar refractivity (Wildman–Crippen MR) is 76.5 cm³/mol. The van der Waals surface area contributed by atoms with Crippen molar-refractivity contribution in [2.75, 3.05) is 25.5 Å². The smallest absolute Gasteiger partial charge is 0.277 e. The molecule has 2 rings (SSSR count). The Morgan fingerprint density at radius 1 is 1.52 bits per heavy atom. The number of nitrogens with two attached hydrogens (primary N) is 1. The van der Waals surface area contributed by atoms with E-state index in [4.69, 9.17) is 10.5 Å². The molecule has 1 aliphatic heterocycles. The lowest BCUT2D eigenvalue weighted by Gasteiger charge is -2.34. The maximum Gasteiger partial charge on any atom is 0.277 e. The number of hydrogen-bond donors (Lipinski definition) is 2. The molecule has 0 radical (unpaired) electrons. The quantitative estimate of drug-likeness (QED) is 0.773. The number of aromatic nitrogens is 2. The predicted octanol–water partition coefficient (Wildman–Crippen LogP) is -0.632. The van der Waals surface area contributed by atoms with E-state index in [1.165, 1.54) is 9.58 Å². The number of amides is 2. The number of ether oxygens (including phenoxy) is 1. The van der Waals surface area contributed by atoms with Crippen molar-refractivity contribution < 1.29 is 14.3 Å². The first-order valence-corrected chi connectivity index (χ1v) is 6.88. The number of carbonyl (C=O) groups is 2. The van der Waals surface area contributed by atoms with Crippen LogP contribution in [-0.2, 0) is 16.6 Å². The zero-order valence-electron chi connectivity index (χ0n) is 12.5. The lowest BCUT2D eigenvalue weighted by atomic mass is 10.1. The molecule has 0 aliphatic carbocycles. The molecule has 8 heteroatoms. The van der Waals surface area contributed by atoms with Gasteiger partial charge < -0.3 is 20.7 Å². The van der Waals surface area contributed by atoms with Crippen molar-refractivity contribution in [2.45, 2.75) is 25.9 Å². The van der Waals surface area contributed by atoms with Crippen molar-refractivity contribution in [1.82, 2.24) is 20.0 Å². The van der Waals surface area contributed by atoms with Gasteiger partial charge in [0, 0.05) is 25.8 Å². The summed E-state index contributed by atoms with van der Waals surface area (Å²) in [6.45, 7) is 4.64. The monoisotopic (exact) mass is 295 g/mol. The van der Waals surface area contributed by atoms with E-state index in [9.17, 15) is 9.59 Å². The lowest BCUT2D eigenvalue weighted by molar-refractivity contribution is -0.131. The fourth-order valence-corrected chi connectivity index (χ4v) is 2.25. The third-order valence-corrected chi connectivity index (χ3v) is 3.18. The molecular weight excluding hydrogens is 274 g/mol. The van der Waals surface area contributed by atoms with Crippen LogP contribution >= 0.6 is 0 Å². The van der Waals surface area contributed by atoms with E-state index in [1.54, 1.807) is 13.2 Å². The first kappa shape index (κ1) is 15.3. The maximum absolute atomic E-state index is 12.6. The summed E-state index contributed by atoms with van der Waals surface area (Å²) in [6.07, 6.45) is 1.57. The minimum Gasteiger partial charge on any atom is -0.396 e. The van der Waals surface area contributed by atoms with Crippen molar-refractivity contribution in [3.8, 4) is 0 Å². The fourth-order valence-electron chi connectivity index (χ4n) is 2.25. The molecule has 21 heavy (non-hydrogen) atoms. The van der Waals surface area contributed by atoms with Crippen LogP contribution in [0, 0.1) is 0 Å². The van der Waals surface area contributed by atoms with Crippen LogP contribution in [0.3, 0.4) is 0 Å². The largest absolute Gasteiger partial charge is 0.396 e. The number of carbonyl (C=O) groups excluding carboxylic acids is 2. The molecule has 2 amide bonds. The van der Waals surface area contributed by atoms with Crippen molar-refractivity contribution in [3.05, 3.63) is 11.9 Å². The van der Waals surface area contributed by atoms with Crippen LogP contribution in [0.2, 0.25) is 0 Å². The lowest BCUT2D eigenvalue weighted by Crippen LogP contribution is -2.56. The van der Waals surface area contributed by atoms with Gasteiger partial charge in [0.15, 0.2) is 5.69 Å². The highest BCUT2D eigenvalue weighted by atomic mass is 16.5. The summed E-state index contributed by atoms with van der Waals surface area (Å²) >= 11 is 0. The Morgan fingerprint density at radius 3 is 2.81 bits per heavy atom. The van der Waals surface area contributed by atoms with Crippen molar-refractivity contribution >= 4 is 17.5 Å². The molecule has 2 heterocycles. The number of aryl methyl sites for hydroxylation is 1. The van der Waals surface area contributed by atoms with Crippen LogP contribution in [0.15, 0.2) is 6.20 Å². The van der Waals surface area contributed by atoms with E-state index in [2.05, 4.69) is 10.4 Å². The van der Waals surface area contributed by atoms with Gasteiger partial charge >= 0.3 is 0 Å². The Bertz CT molecular complexity index is 540. The second kappa shape index (κ2) is 6.13. The SMILES string of the molecule is CC(C)NC(=O)C1COCCN1C(=O)c1nn(C)cc1N. The van der Waals surface area contributed by atoms with Crippen LogP contribution in [-0.4, -0.2) is 58.3 Å². The van der Waals surface area contributed by atoms with Gasteiger partial charge in [-0.05, 0) is 13.8 Å². The third kappa shape index (κ3) is 3.33. The van der Waals surface area contributed by atoms with Gasteiger partial charge in [-0.2, -0.15) is 5.10 Å². The molecule has 3 N–H and O–H groups in total. The number of hydrogen-bond acceptors (Lipinski definition) is 5. The molecule has 0 saturated carbocycles. The zero-order valence-corrected chi connectivity index (χ0v) is 12.5. The highest BCUT2D eigenvalue weighted by Crippen LogP contribution is 2.16. The summed E-state index contributed by atoms with van der Waals surface area (Å²) in [5.41, 5.74) is 6.26. The topological polar surface area (TPSA) is 102 Å². The Labute approximate surface area is 123 Å². The zero-order chi connectivity index (χ0) is 15.6. The van der Waals surface area contributed by atoms with Crippen molar-refractivity contribution in [1.29, 1.82) is 0 Å². The van der Waals surface area contributed by atoms with E-state index in [-0.39, 0.29) is 30.2 Å². The normalized spacial score (nSPS) is 18.9. The Kier molecular flexibility index (Phi) is 4.46. The molecule has 1 aliphatic rings. The van der Waals surface area contributed by atoms with Gasteiger partial charge in [-0.15, -0.1) is 0 Å². The molecular formula is C13H21N5O3. The fraction of sp³-hybridized carbons (Fsp3) is 0.615. The van der Waals surface area contributed by atoms with Gasteiger partial charge in [0.25, 0.3) is 5.91 Å². The minimum absolute atomic E-state index is 0.00343. The van der Waals surface area contributed by atoms with E-state index in [0.29, 0.717) is 18.8 Å². The number of rotatable bonds is 3. The van der Waals surface area contributed by atoms with E-state index < -0.39 is 6.04 Å². The molecule has 0 spiro atoms. The number of nitrogen functional groups attached to an aromatic ring is 1. The molecule has 1 unspecified atom stereocenters. The highest BCUT2D eigenvalue weighted by Gasteiger charge is 2.35. The van der Waals surface area contributed by atoms with E-state index in [0.717, 1.165) is 0 Å². The average molecular weight is 295 g/mol. The van der Waals surface area contributed by atoms with Gasteiger partial charge in [-0.1, -0.05) is 0 Å². The molecule has 1 aromatic heterocycles. The first-order chi connectivity index (χ1) is 9.90. The van der Waals surface area contributed by atoms with Gasteiger partial charge in [-0.3, -0.25) is 14.3 Å². The number of anilines is 1. The summed E-state index contributed by atoms with van der Waals surface area (Å²) in [7, 11) is 1.69. The molecule has 1 aromatic rings. The van der Waals surface area contributed by atoms with Crippen LogP contribution < -0.4 is 11.1 Å². The second-order valence-corrected chi connectivity index (χ2v) is 5.36. The van der Waals surface area contributed by atoms with Crippen LogP contribution in [0.1, 0.15) is 24.3 Å². The van der Waals surface area contributed by atoms with E-state index >= 15 is 0 Å². The van der Waals surface area contributed by atoms with Gasteiger partial charge in [0.2, 0.25) is 5.91 Å². The Morgan fingerprint density at radius 2 is 2.24 bits per heavy atom. The van der Waals surface area contributed by atoms with Crippen molar-refractivity contribution in [3.63, 3.8) is 0 Å². The molecule has 0 bridgehead atoms. The van der Waals surface area contributed by atoms with E-state index in [1.807, 2.05) is 13.8 Å². The molecule has 1 fully saturated rings. The second-order valence-electron chi connectivity index (χ2n) is 5.36. The number of nitrogens with one attached hydrogen (secondary N) is 1. The Balaban J connectivity index is 2.20. The van der Waals surface area contributed by atoms with Gasteiger partial charge in [0.1, 0.15) is 6.04 Å². The van der Waals surface area contributed by atoms with Gasteiger partial charge in [0.05, 0.1) is 18.9 Å². The molecule has 116 valence electrons. The molecule has 1 saturated heterocycles. The molecule has 1 atom stereocenters. The number of morpholine rings is 1. The molecule has 0 aromatic carbocycles. The first-order valence-electron chi connectivity index (χ1n) is 6.88. The summed E-state index contributed by atoms with van der Waals surface area (Å²) in [5.74, 6) is -0.576. The standard InChI is InChI=1S/C13H21N5O3/c1-8(2)15-12(19)10-7-21-5-4-18(10)13(20)11-9(14)6-17(3)16-11/h6,8,10H,4-5,7,14H2,1-3H3,(H,15,19). The molecule has 8 nitrogen and oxygen atoms in total. The summed E-state index contributed by atoms with van der Waals surface area (Å²) < 4.78 is 6.80. The van der Waals surface area contributed by atoms with Crippen LogP contribution in [0.5, 0.6) is 0 Å². The third-order valence-electron chi connectivity index (χ3n) is 3.18. The summed E-state index contributed by atoms with van der Waals surface area (Å²) in [4.78, 5) is 26.2. The average Bonchev–Trinajstić information content (AvgIpc) is 2.76.